The lowest BCUT2D eigenvalue weighted by atomic mass is 9.89. The molecule has 1 aromatic carbocycles. The summed E-state index contributed by atoms with van der Waals surface area (Å²) in [7, 11) is 1.27. The Balaban J connectivity index is 1.45. The molecule has 3 atom stereocenters. The molecule has 0 unspecified atom stereocenters. The standard InChI is InChI=1S/C24H21ClFN3O6/c1-35-22(34)23-9-12(23)4-6-24(23)27-19(31)17-13-5-7-28(10-11-2-3-15(26)14(25)8-11)20(32)16(13)18(30)21(33)29(17)24/h2-3,8,12,30H,4-7,9-10H2,1H3,(H,27,31)/t12-,23+,24+/m1/s1. The molecule has 182 valence electrons. The van der Waals surface area contributed by atoms with Crippen LogP contribution in [0.1, 0.15) is 51.2 Å². The van der Waals surface area contributed by atoms with E-state index in [0.717, 1.165) is 0 Å². The molecule has 2 saturated carbocycles. The van der Waals surface area contributed by atoms with E-state index >= 15 is 0 Å². The van der Waals surface area contributed by atoms with Crippen LogP contribution in [0.4, 0.5) is 4.39 Å². The van der Waals surface area contributed by atoms with Crippen LogP contribution < -0.4 is 10.9 Å². The number of methoxy groups -OCH3 is 1. The fourth-order valence-electron chi connectivity index (χ4n) is 6.48. The molecule has 1 spiro atoms. The molecule has 2 aromatic rings. The second-order valence-corrected chi connectivity index (χ2v) is 10.0. The largest absolute Gasteiger partial charge is 0.502 e. The minimum Gasteiger partial charge on any atom is -0.502 e. The van der Waals surface area contributed by atoms with Crippen LogP contribution in [0.15, 0.2) is 23.0 Å². The number of carbonyl (C=O) groups excluding carboxylic acids is 3. The normalized spacial score (nSPS) is 28.0. The molecule has 11 heteroatoms. The highest BCUT2D eigenvalue weighted by Crippen LogP contribution is 2.71. The van der Waals surface area contributed by atoms with Gasteiger partial charge in [-0.1, -0.05) is 17.7 Å². The minimum atomic E-state index is -1.33. The Bertz CT molecular complexity index is 1420. The van der Waals surface area contributed by atoms with E-state index in [1.54, 1.807) is 0 Å². The predicted octanol–water partition coefficient (Wildman–Crippen LogP) is 1.91. The van der Waals surface area contributed by atoms with Crippen LogP contribution in [0.2, 0.25) is 5.02 Å². The number of halogens is 2. The van der Waals surface area contributed by atoms with Crippen molar-refractivity contribution >= 4 is 29.4 Å². The summed E-state index contributed by atoms with van der Waals surface area (Å²) in [4.78, 5) is 54.3. The number of fused-ring (bicyclic) bond motifs is 6. The fourth-order valence-corrected chi connectivity index (χ4v) is 6.69. The van der Waals surface area contributed by atoms with Crippen LogP contribution in [0.25, 0.3) is 0 Å². The number of hydrogen-bond acceptors (Lipinski definition) is 6. The van der Waals surface area contributed by atoms with Crippen molar-refractivity contribution in [2.45, 2.75) is 37.9 Å². The number of pyridine rings is 1. The van der Waals surface area contributed by atoms with Gasteiger partial charge in [0.2, 0.25) is 0 Å². The molecule has 6 rings (SSSR count). The van der Waals surface area contributed by atoms with Crippen molar-refractivity contribution in [1.29, 1.82) is 0 Å². The number of carbonyl (C=O) groups is 3. The van der Waals surface area contributed by atoms with Crippen LogP contribution in [0.3, 0.4) is 0 Å². The van der Waals surface area contributed by atoms with Crippen LogP contribution in [0.5, 0.6) is 5.75 Å². The predicted molar refractivity (Wildman–Crippen MR) is 119 cm³/mol. The molecule has 0 bridgehead atoms. The van der Waals surface area contributed by atoms with Crippen molar-refractivity contribution in [2.75, 3.05) is 13.7 Å². The van der Waals surface area contributed by atoms with E-state index in [4.69, 9.17) is 16.3 Å². The van der Waals surface area contributed by atoms with Gasteiger partial charge in [-0.25, -0.2) is 4.39 Å². The zero-order valence-corrected chi connectivity index (χ0v) is 19.4. The van der Waals surface area contributed by atoms with Gasteiger partial charge in [-0.2, -0.15) is 0 Å². The third kappa shape index (κ3) is 2.63. The van der Waals surface area contributed by atoms with E-state index in [-0.39, 0.29) is 47.3 Å². The van der Waals surface area contributed by atoms with Crippen molar-refractivity contribution in [2.24, 2.45) is 11.3 Å². The van der Waals surface area contributed by atoms with Gasteiger partial charge in [0.15, 0.2) is 5.75 Å². The van der Waals surface area contributed by atoms with Gasteiger partial charge in [-0.3, -0.25) is 23.7 Å². The van der Waals surface area contributed by atoms with Crippen molar-refractivity contribution in [3.8, 4) is 5.75 Å². The van der Waals surface area contributed by atoms with Gasteiger partial charge in [0.1, 0.15) is 22.6 Å². The van der Waals surface area contributed by atoms with Crippen molar-refractivity contribution in [1.82, 2.24) is 14.8 Å². The second-order valence-electron chi connectivity index (χ2n) is 9.63. The number of ether oxygens (including phenoxy) is 1. The van der Waals surface area contributed by atoms with Gasteiger partial charge in [0, 0.05) is 18.7 Å². The first kappa shape index (κ1) is 22.1. The lowest BCUT2D eigenvalue weighted by Crippen LogP contribution is -2.55. The number of nitrogens with zero attached hydrogens (tertiary/aromatic N) is 2. The summed E-state index contributed by atoms with van der Waals surface area (Å²) in [6.45, 7) is 0.288. The zero-order valence-electron chi connectivity index (χ0n) is 18.7. The molecular weight excluding hydrogens is 481 g/mol. The maximum atomic E-state index is 13.5. The lowest BCUT2D eigenvalue weighted by molar-refractivity contribution is -0.152. The quantitative estimate of drug-likeness (QED) is 0.620. The molecule has 0 saturated heterocycles. The van der Waals surface area contributed by atoms with Crippen molar-refractivity contribution < 1.29 is 28.6 Å². The number of amides is 2. The Kier molecular flexibility index (Phi) is 4.46. The van der Waals surface area contributed by atoms with Gasteiger partial charge >= 0.3 is 5.97 Å². The van der Waals surface area contributed by atoms with Crippen molar-refractivity contribution in [3.63, 3.8) is 0 Å². The molecule has 2 aliphatic heterocycles. The number of benzene rings is 1. The van der Waals surface area contributed by atoms with E-state index in [1.165, 1.54) is 34.8 Å². The van der Waals surface area contributed by atoms with E-state index in [2.05, 4.69) is 5.32 Å². The monoisotopic (exact) mass is 501 g/mol. The third-order valence-corrected chi connectivity index (χ3v) is 8.40. The number of rotatable bonds is 3. The number of esters is 1. The first-order valence-electron chi connectivity index (χ1n) is 11.3. The van der Waals surface area contributed by atoms with E-state index in [0.29, 0.717) is 24.8 Å². The summed E-state index contributed by atoms with van der Waals surface area (Å²) in [5, 5.41) is 13.7. The fraction of sp³-hybridized carbons (Fsp3) is 0.417. The molecule has 3 heterocycles. The van der Waals surface area contributed by atoms with Gasteiger partial charge in [0.25, 0.3) is 17.4 Å². The SMILES string of the molecule is COC(=O)[C@]12C[C@H]1CC[C@@]21NC(=O)c2c3c(c(O)c(=O)n21)C(=O)N(Cc1ccc(F)c(Cl)c1)CC3. The number of aromatic nitrogens is 1. The molecule has 2 aliphatic carbocycles. The summed E-state index contributed by atoms with van der Waals surface area (Å²) >= 11 is 5.85. The Morgan fingerprint density at radius 1 is 1.34 bits per heavy atom. The van der Waals surface area contributed by atoms with Crippen LogP contribution >= 0.6 is 11.6 Å². The average molecular weight is 502 g/mol. The first-order valence-corrected chi connectivity index (χ1v) is 11.7. The van der Waals surface area contributed by atoms with Gasteiger partial charge in [-0.05, 0) is 49.3 Å². The maximum Gasteiger partial charge on any atom is 0.316 e. The van der Waals surface area contributed by atoms with Gasteiger partial charge in [0.05, 0.1) is 17.7 Å². The third-order valence-electron chi connectivity index (χ3n) is 8.11. The highest BCUT2D eigenvalue weighted by molar-refractivity contribution is 6.30. The van der Waals surface area contributed by atoms with Gasteiger partial charge in [-0.15, -0.1) is 0 Å². The summed E-state index contributed by atoms with van der Waals surface area (Å²) in [6, 6.07) is 4.11. The lowest BCUT2D eigenvalue weighted by Gasteiger charge is -2.36. The highest BCUT2D eigenvalue weighted by atomic mass is 35.5. The molecular formula is C24H21ClFN3O6. The molecule has 2 fully saturated rings. The highest BCUT2D eigenvalue weighted by Gasteiger charge is 2.79. The minimum absolute atomic E-state index is 0.0106. The maximum absolute atomic E-state index is 13.5. The molecule has 2 amide bonds. The van der Waals surface area contributed by atoms with Crippen LogP contribution in [-0.4, -0.2) is 46.0 Å². The van der Waals surface area contributed by atoms with Crippen molar-refractivity contribution in [3.05, 3.63) is 61.8 Å². The summed E-state index contributed by atoms with van der Waals surface area (Å²) in [5.74, 6) is -3.04. The summed E-state index contributed by atoms with van der Waals surface area (Å²) in [6.07, 6.45) is 1.63. The molecule has 4 aliphatic rings. The zero-order chi connectivity index (χ0) is 24.9. The topological polar surface area (TPSA) is 118 Å². The second kappa shape index (κ2) is 7.07. The smallest absolute Gasteiger partial charge is 0.316 e. The van der Waals surface area contributed by atoms with E-state index in [1.807, 2.05) is 0 Å². The van der Waals surface area contributed by atoms with E-state index < -0.39 is 46.0 Å². The number of hydrogen-bond donors (Lipinski definition) is 2. The van der Waals surface area contributed by atoms with E-state index in [9.17, 15) is 28.7 Å². The number of nitrogens with one attached hydrogen (secondary N) is 1. The molecule has 2 N–H and O–H groups in total. The Morgan fingerprint density at radius 2 is 2.11 bits per heavy atom. The molecule has 1 aromatic heterocycles. The molecule has 35 heavy (non-hydrogen) atoms. The molecule has 9 nitrogen and oxygen atoms in total. The summed E-state index contributed by atoms with van der Waals surface area (Å²) in [5.41, 5.74) is -2.65. The van der Waals surface area contributed by atoms with Crippen LogP contribution in [0, 0.1) is 17.2 Å². The van der Waals surface area contributed by atoms with Gasteiger partial charge < -0.3 is 20.1 Å². The summed E-state index contributed by atoms with van der Waals surface area (Å²) < 4.78 is 19.8. The van der Waals surface area contributed by atoms with Crippen LogP contribution in [-0.2, 0) is 28.2 Å². The number of aromatic hydroxyl groups is 1. The Hall–Kier alpha value is -3.40. The Labute approximate surface area is 203 Å². The molecule has 0 radical (unpaired) electrons. The Morgan fingerprint density at radius 3 is 2.80 bits per heavy atom. The average Bonchev–Trinajstić information content (AvgIpc) is 3.40. The first-order chi connectivity index (χ1) is 16.7.